The number of anilines is 1. The number of nitrogen functional groups attached to an aromatic ring is 1. The zero-order valence-corrected chi connectivity index (χ0v) is 16.1. The van der Waals surface area contributed by atoms with Gasteiger partial charge in [-0.1, -0.05) is 48.0 Å². The minimum absolute atomic E-state index is 0.0187. The van der Waals surface area contributed by atoms with Crippen LogP contribution in [-0.2, 0) is 10.0 Å². The molecule has 0 aliphatic carbocycles. The summed E-state index contributed by atoms with van der Waals surface area (Å²) < 4.78 is 32.3. The van der Waals surface area contributed by atoms with Gasteiger partial charge in [0.25, 0.3) is 5.09 Å². The van der Waals surface area contributed by atoms with E-state index >= 15 is 0 Å². The average Bonchev–Trinajstić information content (AvgIpc) is 3.34. The van der Waals surface area contributed by atoms with Crippen LogP contribution >= 0.6 is 0 Å². The number of benzene rings is 2. The van der Waals surface area contributed by atoms with Gasteiger partial charge in [-0.15, -0.1) is 4.09 Å². The molecule has 0 amide bonds. The number of nitriles is 1. The molecular weight excluding hydrogens is 390 g/mol. The number of nitrogens with zero attached hydrogens (tertiary/aromatic N) is 4. The highest BCUT2D eigenvalue weighted by Gasteiger charge is 2.31. The van der Waals surface area contributed by atoms with E-state index in [1.807, 2.05) is 31.2 Å². The summed E-state index contributed by atoms with van der Waals surface area (Å²) in [4.78, 5) is 4.01. The molecule has 0 aliphatic heterocycles. The van der Waals surface area contributed by atoms with Crippen LogP contribution in [0.2, 0.25) is 0 Å². The summed E-state index contributed by atoms with van der Waals surface area (Å²) in [6, 6.07) is 19.3. The van der Waals surface area contributed by atoms with Crippen LogP contribution in [0.3, 0.4) is 0 Å². The van der Waals surface area contributed by atoms with E-state index in [1.54, 1.807) is 36.4 Å². The van der Waals surface area contributed by atoms with Crippen LogP contribution in [-0.4, -0.2) is 22.6 Å². The Hall–Kier alpha value is -3.90. The molecular formula is C20H15N5O3S. The van der Waals surface area contributed by atoms with Crippen molar-refractivity contribution in [1.82, 2.24) is 14.2 Å². The maximum absolute atomic E-state index is 13.1. The van der Waals surface area contributed by atoms with Gasteiger partial charge in [-0.2, -0.15) is 23.8 Å². The first-order chi connectivity index (χ1) is 13.9. The summed E-state index contributed by atoms with van der Waals surface area (Å²) >= 11 is 0. The van der Waals surface area contributed by atoms with Gasteiger partial charge in [0.05, 0.1) is 5.69 Å². The first-order valence-corrected chi connectivity index (χ1v) is 9.98. The largest absolute Gasteiger partial charge is 0.421 e. The molecule has 2 aromatic carbocycles. The Bertz CT molecular complexity index is 1330. The highest BCUT2D eigenvalue weighted by Crippen LogP contribution is 2.29. The lowest BCUT2D eigenvalue weighted by Crippen LogP contribution is -2.17. The number of nitrogens with two attached hydrogens (primary N) is 1. The summed E-state index contributed by atoms with van der Waals surface area (Å²) in [5, 5.41) is 12.9. The lowest BCUT2D eigenvalue weighted by atomic mass is 10.1. The van der Waals surface area contributed by atoms with E-state index in [0.717, 1.165) is 5.56 Å². The Morgan fingerprint density at radius 1 is 1.07 bits per heavy atom. The first kappa shape index (κ1) is 18.5. The van der Waals surface area contributed by atoms with E-state index in [1.165, 1.54) is 6.07 Å². The highest BCUT2D eigenvalue weighted by atomic mass is 32.2. The van der Waals surface area contributed by atoms with Gasteiger partial charge in [0.2, 0.25) is 11.6 Å². The van der Waals surface area contributed by atoms with Crippen molar-refractivity contribution in [2.24, 2.45) is 0 Å². The molecule has 29 heavy (non-hydrogen) atoms. The predicted molar refractivity (Wildman–Crippen MR) is 106 cm³/mol. The van der Waals surface area contributed by atoms with Crippen LogP contribution in [0.1, 0.15) is 11.3 Å². The number of rotatable bonds is 4. The van der Waals surface area contributed by atoms with Gasteiger partial charge in [0.15, 0.2) is 0 Å². The van der Waals surface area contributed by atoms with Crippen LogP contribution < -0.4 is 5.73 Å². The molecule has 0 bridgehead atoms. The first-order valence-electron chi connectivity index (χ1n) is 8.54. The molecule has 8 nitrogen and oxygen atoms in total. The summed E-state index contributed by atoms with van der Waals surface area (Å²) in [6.45, 7) is 1.94. The van der Waals surface area contributed by atoms with Crippen LogP contribution in [0.4, 0.5) is 5.82 Å². The maximum atomic E-state index is 13.1. The van der Waals surface area contributed by atoms with Crippen LogP contribution in [0.15, 0.2) is 70.2 Å². The third kappa shape index (κ3) is 3.26. The van der Waals surface area contributed by atoms with Crippen LogP contribution in [0, 0.1) is 18.3 Å². The summed E-state index contributed by atoms with van der Waals surface area (Å²) in [5.74, 6) is -0.0904. The summed E-state index contributed by atoms with van der Waals surface area (Å²) in [7, 11) is -4.37. The molecule has 2 heterocycles. The van der Waals surface area contributed by atoms with Gasteiger partial charge in [0.1, 0.15) is 11.9 Å². The molecule has 2 aromatic heterocycles. The zero-order chi connectivity index (χ0) is 20.6. The van der Waals surface area contributed by atoms with Gasteiger partial charge in [-0.25, -0.2) is 0 Å². The van der Waals surface area contributed by atoms with E-state index in [-0.39, 0.29) is 17.4 Å². The number of hydrogen-bond donors (Lipinski definition) is 1. The number of oxazole rings is 1. The van der Waals surface area contributed by atoms with Gasteiger partial charge < -0.3 is 10.2 Å². The van der Waals surface area contributed by atoms with Crippen molar-refractivity contribution in [3.8, 4) is 28.8 Å². The summed E-state index contributed by atoms with van der Waals surface area (Å²) in [5.41, 5.74) is 8.24. The molecule has 144 valence electrons. The summed E-state index contributed by atoms with van der Waals surface area (Å²) in [6.07, 6.45) is 0. The van der Waals surface area contributed by atoms with Gasteiger partial charge >= 0.3 is 10.0 Å². The Labute approximate surface area is 166 Å². The minimum atomic E-state index is -4.37. The average molecular weight is 405 g/mol. The lowest BCUT2D eigenvalue weighted by molar-refractivity contribution is 0.452. The molecule has 4 rings (SSSR count). The Kier molecular flexibility index (Phi) is 4.41. The second kappa shape index (κ2) is 6.92. The molecule has 9 heteroatoms. The van der Waals surface area contributed by atoms with Crippen LogP contribution in [0.5, 0.6) is 0 Å². The number of aromatic nitrogens is 3. The highest BCUT2D eigenvalue weighted by molar-refractivity contribution is 7.89. The van der Waals surface area contributed by atoms with E-state index in [4.69, 9.17) is 10.2 Å². The smallest absolute Gasteiger partial charge is 0.321 e. The fraction of sp³-hybridized carbons (Fsp3) is 0.0500. The molecule has 2 N–H and O–H groups in total. The number of hydrogen-bond acceptors (Lipinski definition) is 7. The number of aryl methyl sites for hydroxylation is 1. The third-order valence-electron chi connectivity index (χ3n) is 4.24. The lowest BCUT2D eigenvalue weighted by Gasteiger charge is -2.03. The predicted octanol–water partition coefficient (Wildman–Crippen LogP) is 3.20. The molecule has 0 fully saturated rings. The third-order valence-corrected chi connectivity index (χ3v) is 5.73. The SMILES string of the molecule is Cc1ccc(-c2cc(N)n(S(=O)(=O)c3oc(-c4ccccc4)nc3C#N)n2)cc1. The van der Waals surface area contributed by atoms with Crippen molar-refractivity contribution in [1.29, 1.82) is 5.26 Å². The van der Waals surface area contributed by atoms with Crippen molar-refractivity contribution in [2.75, 3.05) is 5.73 Å². The molecule has 0 atom stereocenters. The van der Waals surface area contributed by atoms with Crippen molar-refractivity contribution in [3.63, 3.8) is 0 Å². The standard InChI is InChI=1S/C20H15N5O3S/c1-13-7-9-14(10-8-13)16-11-18(22)25(24-16)29(26,27)20-17(12-21)23-19(28-20)15-5-3-2-4-6-15/h2-11H,22H2,1H3. The Morgan fingerprint density at radius 3 is 2.41 bits per heavy atom. The van der Waals surface area contributed by atoms with E-state index < -0.39 is 15.1 Å². The van der Waals surface area contributed by atoms with Gasteiger partial charge in [0, 0.05) is 17.2 Å². The maximum Gasteiger partial charge on any atom is 0.321 e. The molecule has 0 saturated heterocycles. The van der Waals surface area contributed by atoms with Crippen molar-refractivity contribution < 1.29 is 12.8 Å². The topological polar surface area (TPSA) is 128 Å². The van der Waals surface area contributed by atoms with E-state index in [2.05, 4.69) is 10.1 Å². The minimum Gasteiger partial charge on any atom is -0.421 e. The normalized spacial score (nSPS) is 11.3. The molecule has 0 radical (unpaired) electrons. The van der Waals surface area contributed by atoms with Crippen molar-refractivity contribution >= 4 is 15.8 Å². The van der Waals surface area contributed by atoms with Gasteiger partial charge in [-0.3, -0.25) is 0 Å². The Morgan fingerprint density at radius 2 is 1.76 bits per heavy atom. The monoisotopic (exact) mass is 405 g/mol. The second-order valence-electron chi connectivity index (χ2n) is 6.30. The molecule has 0 unspecified atom stereocenters. The fourth-order valence-corrected chi connectivity index (χ4v) is 3.97. The zero-order valence-electron chi connectivity index (χ0n) is 15.3. The van der Waals surface area contributed by atoms with E-state index in [9.17, 15) is 13.7 Å². The molecule has 0 aliphatic rings. The van der Waals surface area contributed by atoms with E-state index in [0.29, 0.717) is 20.9 Å². The van der Waals surface area contributed by atoms with Crippen LogP contribution in [0.25, 0.3) is 22.7 Å². The van der Waals surface area contributed by atoms with Gasteiger partial charge in [-0.05, 0) is 19.1 Å². The second-order valence-corrected chi connectivity index (χ2v) is 7.97. The quantitative estimate of drug-likeness (QED) is 0.552. The van der Waals surface area contributed by atoms with Crippen molar-refractivity contribution in [3.05, 3.63) is 71.9 Å². The Balaban J connectivity index is 1.81. The van der Waals surface area contributed by atoms with Crippen molar-refractivity contribution in [2.45, 2.75) is 12.0 Å². The molecule has 0 saturated carbocycles. The molecule has 4 aromatic rings. The molecule has 0 spiro atoms. The fourth-order valence-electron chi connectivity index (χ4n) is 2.77.